The molecule has 2 amide bonds. The molecule has 0 radical (unpaired) electrons. The van der Waals surface area contributed by atoms with E-state index in [0.29, 0.717) is 50.5 Å². The number of amides is 2. The number of anilines is 1. The van der Waals surface area contributed by atoms with Crippen molar-refractivity contribution in [2.75, 3.05) is 45.0 Å². The second-order valence-corrected chi connectivity index (χ2v) is 5.60. The number of nitrogens with two attached hydrogens (primary N) is 1. The summed E-state index contributed by atoms with van der Waals surface area (Å²) in [6.45, 7) is 7.55. The minimum Gasteiger partial charge on any atom is -0.399 e. The number of aryl methyl sites for hydroxylation is 1. The van der Waals surface area contributed by atoms with E-state index < -0.39 is 0 Å². The molecule has 1 fully saturated rings. The number of likely N-dealkylation sites (N-methyl/N-ethyl adjacent to an activating group) is 1. The average Bonchev–Trinajstić information content (AvgIpc) is 2.50. The number of hydrogen-bond donors (Lipinski definition) is 2. The standard InChI is InChI=1S/C16H24N4O2/c1-3-18-15(21)11-19-6-8-20(9-7-19)16(22)14-10-13(17)5-4-12(14)2/h4-5,10H,3,6-9,11,17H2,1-2H3,(H,18,21). The number of benzene rings is 1. The Labute approximate surface area is 131 Å². The monoisotopic (exact) mass is 304 g/mol. The van der Waals surface area contributed by atoms with Crippen molar-refractivity contribution in [3.8, 4) is 0 Å². The molecule has 1 aromatic rings. The van der Waals surface area contributed by atoms with E-state index in [9.17, 15) is 9.59 Å². The second kappa shape index (κ2) is 7.26. The number of carbonyl (C=O) groups excluding carboxylic acids is 2. The van der Waals surface area contributed by atoms with Crippen LogP contribution in [0.1, 0.15) is 22.8 Å². The van der Waals surface area contributed by atoms with Gasteiger partial charge in [-0.3, -0.25) is 14.5 Å². The lowest BCUT2D eigenvalue weighted by Gasteiger charge is -2.34. The van der Waals surface area contributed by atoms with E-state index in [1.807, 2.05) is 24.8 Å². The molecule has 0 saturated carbocycles. The maximum atomic E-state index is 12.6. The van der Waals surface area contributed by atoms with E-state index in [2.05, 4.69) is 10.2 Å². The van der Waals surface area contributed by atoms with Crippen LogP contribution in [-0.2, 0) is 4.79 Å². The molecule has 2 rings (SSSR count). The van der Waals surface area contributed by atoms with Crippen molar-refractivity contribution >= 4 is 17.5 Å². The van der Waals surface area contributed by atoms with Crippen LogP contribution in [-0.4, -0.2) is 60.9 Å². The first-order chi connectivity index (χ1) is 10.5. The van der Waals surface area contributed by atoms with Gasteiger partial charge < -0.3 is 16.0 Å². The van der Waals surface area contributed by atoms with E-state index in [1.54, 1.807) is 12.1 Å². The lowest BCUT2D eigenvalue weighted by atomic mass is 10.1. The SMILES string of the molecule is CCNC(=O)CN1CCN(C(=O)c2cc(N)ccc2C)CC1. The van der Waals surface area contributed by atoms with Gasteiger partial charge in [-0.05, 0) is 31.5 Å². The van der Waals surface area contributed by atoms with Gasteiger partial charge in [0.25, 0.3) is 5.91 Å². The number of nitrogens with zero attached hydrogens (tertiary/aromatic N) is 2. The number of nitrogen functional groups attached to an aromatic ring is 1. The lowest BCUT2D eigenvalue weighted by Crippen LogP contribution is -2.51. The zero-order valence-electron chi connectivity index (χ0n) is 13.3. The van der Waals surface area contributed by atoms with E-state index in [-0.39, 0.29) is 11.8 Å². The van der Waals surface area contributed by atoms with Gasteiger partial charge in [-0.2, -0.15) is 0 Å². The third-order valence-electron chi connectivity index (χ3n) is 3.89. The zero-order chi connectivity index (χ0) is 16.1. The van der Waals surface area contributed by atoms with Crippen molar-refractivity contribution < 1.29 is 9.59 Å². The van der Waals surface area contributed by atoms with Gasteiger partial charge in [0.2, 0.25) is 5.91 Å². The topological polar surface area (TPSA) is 78.7 Å². The highest BCUT2D eigenvalue weighted by molar-refractivity contribution is 5.96. The van der Waals surface area contributed by atoms with Crippen LogP contribution in [0, 0.1) is 6.92 Å². The van der Waals surface area contributed by atoms with E-state index in [4.69, 9.17) is 5.73 Å². The maximum absolute atomic E-state index is 12.6. The van der Waals surface area contributed by atoms with Crippen LogP contribution >= 0.6 is 0 Å². The molecule has 6 nitrogen and oxygen atoms in total. The van der Waals surface area contributed by atoms with Crippen LogP contribution in [0.5, 0.6) is 0 Å². The first kappa shape index (κ1) is 16.3. The van der Waals surface area contributed by atoms with E-state index in [1.165, 1.54) is 0 Å². The van der Waals surface area contributed by atoms with Gasteiger partial charge in [0.05, 0.1) is 6.54 Å². The highest BCUT2D eigenvalue weighted by Gasteiger charge is 2.24. The molecule has 0 bridgehead atoms. The Balaban J connectivity index is 1.92. The molecule has 120 valence electrons. The molecule has 1 saturated heterocycles. The van der Waals surface area contributed by atoms with Gasteiger partial charge >= 0.3 is 0 Å². The third kappa shape index (κ3) is 3.98. The second-order valence-electron chi connectivity index (χ2n) is 5.60. The smallest absolute Gasteiger partial charge is 0.254 e. The van der Waals surface area contributed by atoms with E-state index >= 15 is 0 Å². The highest BCUT2D eigenvalue weighted by atomic mass is 16.2. The lowest BCUT2D eigenvalue weighted by molar-refractivity contribution is -0.122. The molecular weight excluding hydrogens is 280 g/mol. The predicted octanol–water partition coefficient (Wildman–Crippen LogP) is 0.471. The highest BCUT2D eigenvalue weighted by Crippen LogP contribution is 2.16. The van der Waals surface area contributed by atoms with Crippen molar-refractivity contribution in [1.29, 1.82) is 0 Å². The minimum absolute atomic E-state index is 0.0162. The fourth-order valence-corrected chi connectivity index (χ4v) is 2.61. The summed E-state index contributed by atoms with van der Waals surface area (Å²) in [7, 11) is 0. The van der Waals surface area contributed by atoms with Gasteiger partial charge in [0.1, 0.15) is 0 Å². The van der Waals surface area contributed by atoms with Crippen molar-refractivity contribution in [3.05, 3.63) is 29.3 Å². The molecule has 1 aliphatic heterocycles. The van der Waals surface area contributed by atoms with Crippen molar-refractivity contribution in [2.45, 2.75) is 13.8 Å². The molecular formula is C16H24N4O2. The summed E-state index contributed by atoms with van der Waals surface area (Å²) >= 11 is 0. The molecule has 6 heteroatoms. The van der Waals surface area contributed by atoms with Crippen LogP contribution in [0.4, 0.5) is 5.69 Å². The number of piperazine rings is 1. The number of nitrogens with one attached hydrogen (secondary N) is 1. The Morgan fingerprint density at radius 1 is 1.23 bits per heavy atom. The Morgan fingerprint density at radius 3 is 2.55 bits per heavy atom. The van der Waals surface area contributed by atoms with Crippen molar-refractivity contribution in [3.63, 3.8) is 0 Å². The average molecular weight is 304 g/mol. The molecule has 0 aliphatic carbocycles. The van der Waals surface area contributed by atoms with E-state index in [0.717, 1.165) is 5.56 Å². The fourth-order valence-electron chi connectivity index (χ4n) is 2.61. The fraction of sp³-hybridized carbons (Fsp3) is 0.500. The van der Waals surface area contributed by atoms with Crippen molar-refractivity contribution in [2.24, 2.45) is 0 Å². The summed E-state index contributed by atoms with van der Waals surface area (Å²) in [5, 5.41) is 2.79. The zero-order valence-corrected chi connectivity index (χ0v) is 13.3. The van der Waals surface area contributed by atoms with Crippen LogP contribution in [0.25, 0.3) is 0 Å². The normalized spacial score (nSPS) is 15.6. The van der Waals surface area contributed by atoms with Gasteiger partial charge in [0.15, 0.2) is 0 Å². The Hall–Kier alpha value is -2.08. The predicted molar refractivity (Wildman–Crippen MR) is 86.6 cm³/mol. The molecule has 1 heterocycles. The van der Waals surface area contributed by atoms with Crippen LogP contribution < -0.4 is 11.1 Å². The molecule has 1 aliphatic rings. The number of hydrogen-bond acceptors (Lipinski definition) is 4. The van der Waals surface area contributed by atoms with Gasteiger partial charge in [-0.25, -0.2) is 0 Å². The summed E-state index contributed by atoms with van der Waals surface area (Å²) < 4.78 is 0. The number of carbonyl (C=O) groups is 2. The molecule has 0 unspecified atom stereocenters. The van der Waals surface area contributed by atoms with Gasteiger partial charge in [-0.1, -0.05) is 6.07 Å². The summed E-state index contributed by atoms with van der Waals surface area (Å²) in [6, 6.07) is 5.41. The summed E-state index contributed by atoms with van der Waals surface area (Å²) in [5.74, 6) is 0.0522. The molecule has 3 N–H and O–H groups in total. The largest absolute Gasteiger partial charge is 0.399 e. The quantitative estimate of drug-likeness (QED) is 0.793. The van der Waals surface area contributed by atoms with Gasteiger partial charge in [-0.15, -0.1) is 0 Å². The van der Waals surface area contributed by atoms with Crippen LogP contribution in [0.3, 0.4) is 0 Å². The number of rotatable bonds is 4. The summed E-state index contributed by atoms with van der Waals surface area (Å²) in [4.78, 5) is 28.1. The molecule has 0 spiro atoms. The van der Waals surface area contributed by atoms with Crippen molar-refractivity contribution in [1.82, 2.24) is 15.1 Å². The molecule has 1 aromatic carbocycles. The maximum Gasteiger partial charge on any atom is 0.254 e. The summed E-state index contributed by atoms with van der Waals surface area (Å²) in [6.07, 6.45) is 0. The molecule has 0 aromatic heterocycles. The first-order valence-corrected chi connectivity index (χ1v) is 7.65. The Morgan fingerprint density at radius 2 is 1.91 bits per heavy atom. The van der Waals surface area contributed by atoms with Gasteiger partial charge in [0, 0.05) is 44.0 Å². The third-order valence-corrected chi connectivity index (χ3v) is 3.89. The Kier molecular flexibility index (Phi) is 5.38. The minimum atomic E-state index is 0.0162. The van der Waals surface area contributed by atoms with Crippen LogP contribution in [0.2, 0.25) is 0 Å². The molecule has 22 heavy (non-hydrogen) atoms. The summed E-state index contributed by atoms with van der Waals surface area (Å²) in [5.41, 5.74) is 7.98. The Bertz CT molecular complexity index is 551. The molecule has 0 atom stereocenters. The first-order valence-electron chi connectivity index (χ1n) is 7.65. The van der Waals surface area contributed by atoms with Crippen LogP contribution in [0.15, 0.2) is 18.2 Å².